The second-order valence-corrected chi connectivity index (χ2v) is 5.54. The summed E-state index contributed by atoms with van der Waals surface area (Å²) in [4.78, 5) is 23.6. The summed E-state index contributed by atoms with van der Waals surface area (Å²) in [7, 11) is 0. The smallest absolute Gasteiger partial charge is 0.251 e. The first kappa shape index (κ1) is 13.6. The van der Waals surface area contributed by atoms with Gasteiger partial charge in [0.2, 0.25) is 5.91 Å². The number of hydrogen-bond acceptors (Lipinski definition) is 3. The number of carbonyl (C=O) groups is 2. The summed E-state index contributed by atoms with van der Waals surface area (Å²) in [5, 5.41) is 9.49. The number of benzene rings is 1. The van der Waals surface area contributed by atoms with Gasteiger partial charge in [-0.15, -0.1) is 0 Å². The van der Waals surface area contributed by atoms with Crippen molar-refractivity contribution in [2.24, 2.45) is 0 Å². The summed E-state index contributed by atoms with van der Waals surface area (Å²) >= 11 is 1.58. The van der Waals surface area contributed by atoms with E-state index < -0.39 is 0 Å². The first-order valence-corrected chi connectivity index (χ1v) is 7.59. The van der Waals surface area contributed by atoms with E-state index in [1.165, 1.54) is 6.08 Å². The van der Waals surface area contributed by atoms with Gasteiger partial charge in [0.25, 0.3) is 5.91 Å². The molecular weight excluding hydrogens is 284 g/mol. The zero-order valence-electron chi connectivity index (χ0n) is 11.3. The summed E-state index contributed by atoms with van der Waals surface area (Å²) in [6.45, 7) is 0.668. The minimum atomic E-state index is -0.211. The maximum Gasteiger partial charge on any atom is 0.251 e. The molecule has 5 heteroatoms. The fourth-order valence-corrected chi connectivity index (χ4v) is 2.84. The van der Waals surface area contributed by atoms with Crippen LogP contribution in [0.25, 0.3) is 6.08 Å². The SMILES string of the molecule is O=C(/C=C/c1ccsc1)Nc1ccc2c(c1)C(=O)NCC2. The van der Waals surface area contributed by atoms with Gasteiger partial charge < -0.3 is 10.6 Å². The second-order valence-electron chi connectivity index (χ2n) is 4.76. The molecule has 0 aliphatic carbocycles. The van der Waals surface area contributed by atoms with E-state index in [1.54, 1.807) is 23.5 Å². The molecule has 21 heavy (non-hydrogen) atoms. The first-order valence-electron chi connectivity index (χ1n) is 6.65. The monoisotopic (exact) mass is 298 g/mol. The van der Waals surface area contributed by atoms with E-state index in [0.717, 1.165) is 17.5 Å². The Labute approximate surface area is 126 Å². The van der Waals surface area contributed by atoms with E-state index in [4.69, 9.17) is 0 Å². The highest BCUT2D eigenvalue weighted by Gasteiger charge is 2.16. The van der Waals surface area contributed by atoms with Crippen LogP contribution in [-0.2, 0) is 11.2 Å². The molecule has 0 atom stereocenters. The molecule has 0 unspecified atom stereocenters. The van der Waals surface area contributed by atoms with Crippen LogP contribution in [0.15, 0.2) is 41.1 Å². The van der Waals surface area contributed by atoms with Crippen molar-refractivity contribution in [1.29, 1.82) is 0 Å². The highest BCUT2D eigenvalue weighted by molar-refractivity contribution is 7.08. The van der Waals surface area contributed by atoms with Crippen molar-refractivity contribution >= 4 is 34.9 Å². The normalized spacial score (nSPS) is 13.8. The fourth-order valence-electron chi connectivity index (χ4n) is 2.22. The van der Waals surface area contributed by atoms with Crippen LogP contribution in [-0.4, -0.2) is 18.4 Å². The molecule has 0 saturated heterocycles. The van der Waals surface area contributed by atoms with E-state index in [2.05, 4.69) is 10.6 Å². The predicted octanol–water partition coefficient (Wildman–Crippen LogP) is 2.69. The molecule has 1 aromatic carbocycles. The lowest BCUT2D eigenvalue weighted by atomic mass is 10.00. The zero-order valence-corrected chi connectivity index (χ0v) is 12.1. The molecule has 2 amide bonds. The molecule has 0 saturated carbocycles. The molecule has 0 radical (unpaired) electrons. The molecule has 0 bridgehead atoms. The number of amides is 2. The van der Waals surface area contributed by atoms with E-state index >= 15 is 0 Å². The molecule has 3 rings (SSSR count). The van der Waals surface area contributed by atoms with Crippen LogP contribution in [0.2, 0.25) is 0 Å². The van der Waals surface area contributed by atoms with Crippen LogP contribution in [0, 0.1) is 0 Å². The molecule has 1 aliphatic heterocycles. The van der Waals surface area contributed by atoms with Gasteiger partial charge in [0.05, 0.1) is 0 Å². The third-order valence-electron chi connectivity index (χ3n) is 3.27. The molecular formula is C16H14N2O2S. The maximum atomic E-state index is 11.9. The Balaban J connectivity index is 1.72. The standard InChI is InChI=1S/C16H14N2O2S/c19-15(4-1-11-6-8-21-10-11)18-13-3-2-12-5-7-17-16(20)14(12)9-13/h1-4,6,8-10H,5,7H2,(H,17,20)(H,18,19)/b4-1+. The van der Waals surface area contributed by atoms with Crippen molar-refractivity contribution in [3.05, 3.63) is 57.8 Å². The van der Waals surface area contributed by atoms with E-state index in [1.807, 2.05) is 29.0 Å². The van der Waals surface area contributed by atoms with Gasteiger partial charge in [-0.3, -0.25) is 9.59 Å². The molecule has 1 aromatic heterocycles. The van der Waals surface area contributed by atoms with Gasteiger partial charge >= 0.3 is 0 Å². The van der Waals surface area contributed by atoms with Crippen molar-refractivity contribution in [2.75, 3.05) is 11.9 Å². The van der Waals surface area contributed by atoms with Gasteiger partial charge in [0, 0.05) is 23.9 Å². The Morgan fingerprint density at radius 1 is 1.33 bits per heavy atom. The van der Waals surface area contributed by atoms with Gasteiger partial charge in [-0.05, 0) is 52.6 Å². The molecule has 106 valence electrons. The van der Waals surface area contributed by atoms with Gasteiger partial charge in [-0.1, -0.05) is 6.07 Å². The molecule has 0 fully saturated rings. The lowest BCUT2D eigenvalue weighted by Gasteiger charge is -2.17. The minimum Gasteiger partial charge on any atom is -0.352 e. The summed E-state index contributed by atoms with van der Waals surface area (Å²) < 4.78 is 0. The van der Waals surface area contributed by atoms with Crippen LogP contribution in [0.4, 0.5) is 5.69 Å². The third-order valence-corrected chi connectivity index (χ3v) is 3.97. The summed E-state index contributed by atoms with van der Waals surface area (Å²) in [5.74, 6) is -0.293. The Kier molecular flexibility index (Phi) is 3.83. The number of thiophene rings is 1. The van der Waals surface area contributed by atoms with Gasteiger partial charge in [-0.25, -0.2) is 0 Å². The van der Waals surface area contributed by atoms with Crippen LogP contribution in [0.1, 0.15) is 21.5 Å². The molecule has 4 nitrogen and oxygen atoms in total. The first-order chi connectivity index (χ1) is 10.2. The second kappa shape index (κ2) is 5.93. The zero-order chi connectivity index (χ0) is 14.7. The van der Waals surface area contributed by atoms with E-state index in [0.29, 0.717) is 17.8 Å². The van der Waals surface area contributed by atoms with Gasteiger partial charge in [0.15, 0.2) is 0 Å². The molecule has 2 aromatic rings. The number of anilines is 1. The van der Waals surface area contributed by atoms with E-state index in [9.17, 15) is 9.59 Å². The van der Waals surface area contributed by atoms with Crippen LogP contribution in [0.5, 0.6) is 0 Å². The predicted molar refractivity (Wildman–Crippen MR) is 84.5 cm³/mol. The van der Waals surface area contributed by atoms with Crippen molar-refractivity contribution in [2.45, 2.75) is 6.42 Å². The highest BCUT2D eigenvalue weighted by Crippen LogP contribution is 2.19. The topological polar surface area (TPSA) is 58.2 Å². The van der Waals surface area contributed by atoms with Crippen LogP contribution < -0.4 is 10.6 Å². The van der Waals surface area contributed by atoms with Crippen molar-refractivity contribution in [1.82, 2.24) is 5.32 Å². The Bertz CT molecular complexity index is 705. The van der Waals surface area contributed by atoms with E-state index in [-0.39, 0.29) is 11.8 Å². The third kappa shape index (κ3) is 3.20. The van der Waals surface area contributed by atoms with Crippen molar-refractivity contribution in [3.8, 4) is 0 Å². The van der Waals surface area contributed by atoms with Crippen LogP contribution >= 0.6 is 11.3 Å². The number of carbonyl (C=O) groups excluding carboxylic acids is 2. The average Bonchev–Trinajstić information content (AvgIpc) is 2.99. The van der Waals surface area contributed by atoms with Crippen LogP contribution in [0.3, 0.4) is 0 Å². The number of nitrogens with one attached hydrogen (secondary N) is 2. The highest BCUT2D eigenvalue weighted by atomic mass is 32.1. The fraction of sp³-hybridized carbons (Fsp3) is 0.125. The lowest BCUT2D eigenvalue weighted by molar-refractivity contribution is -0.111. The summed E-state index contributed by atoms with van der Waals surface area (Å²) in [6, 6.07) is 7.39. The van der Waals surface area contributed by atoms with Gasteiger partial charge in [0.1, 0.15) is 0 Å². The minimum absolute atomic E-state index is 0.0823. The van der Waals surface area contributed by atoms with Crippen molar-refractivity contribution in [3.63, 3.8) is 0 Å². The number of rotatable bonds is 3. The Morgan fingerprint density at radius 2 is 2.24 bits per heavy atom. The molecule has 2 heterocycles. The summed E-state index contributed by atoms with van der Waals surface area (Å²) in [6.07, 6.45) is 4.08. The number of fused-ring (bicyclic) bond motifs is 1. The maximum absolute atomic E-state index is 11.9. The molecule has 2 N–H and O–H groups in total. The lowest BCUT2D eigenvalue weighted by Crippen LogP contribution is -2.31. The Morgan fingerprint density at radius 3 is 3.05 bits per heavy atom. The molecule has 1 aliphatic rings. The average molecular weight is 298 g/mol. The number of hydrogen-bond donors (Lipinski definition) is 2. The van der Waals surface area contributed by atoms with Gasteiger partial charge in [-0.2, -0.15) is 11.3 Å². The Hall–Kier alpha value is -2.40. The summed E-state index contributed by atoms with van der Waals surface area (Å²) in [5.41, 5.74) is 3.29. The largest absolute Gasteiger partial charge is 0.352 e. The quantitative estimate of drug-likeness (QED) is 0.856. The van der Waals surface area contributed by atoms with Crippen molar-refractivity contribution < 1.29 is 9.59 Å². The molecule has 0 spiro atoms.